The van der Waals surface area contributed by atoms with Crippen LogP contribution in [0.25, 0.3) is 11.3 Å². The average Bonchev–Trinajstić information content (AvgIpc) is 2.65. The molecule has 8 nitrogen and oxygen atoms in total. The lowest BCUT2D eigenvalue weighted by atomic mass is 10.0. The Labute approximate surface area is 165 Å². The van der Waals surface area contributed by atoms with Gasteiger partial charge in [-0.1, -0.05) is 6.92 Å². The molecule has 2 aromatic heterocycles. The highest BCUT2D eigenvalue weighted by Gasteiger charge is 2.37. The van der Waals surface area contributed by atoms with E-state index in [4.69, 9.17) is 5.73 Å². The van der Waals surface area contributed by atoms with Crippen LogP contribution >= 0.6 is 0 Å². The van der Waals surface area contributed by atoms with Crippen molar-refractivity contribution in [2.45, 2.75) is 25.9 Å². The maximum Gasteiger partial charge on any atom is 0.434 e. The van der Waals surface area contributed by atoms with Crippen LogP contribution in [0, 0.1) is 5.92 Å². The summed E-state index contributed by atoms with van der Waals surface area (Å²) in [4.78, 5) is 31.4. The molecule has 0 radical (unpaired) electrons. The fraction of sp³-hybridized carbons (Fsp3) is 0.500. The topological polar surface area (TPSA) is 101 Å². The first-order chi connectivity index (χ1) is 13.7. The number of piperidine rings is 1. The molecule has 0 saturated carbocycles. The van der Waals surface area contributed by atoms with Crippen LogP contribution in [-0.4, -0.2) is 51.9 Å². The van der Waals surface area contributed by atoms with Gasteiger partial charge in [-0.25, -0.2) is 15.0 Å². The summed E-state index contributed by atoms with van der Waals surface area (Å²) in [7, 11) is 0. The van der Waals surface area contributed by atoms with Crippen LogP contribution in [0.15, 0.2) is 12.3 Å². The van der Waals surface area contributed by atoms with E-state index in [1.54, 1.807) is 0 Å². The van der Waals surface area contributed by atoms with Crippen LogP contribution in [0.4, 0.5) is 30.9 Å². The molecule has 2 aliphatic heterocycles. The van der Waals surface area contributed by atoms with Crippen LogP contribution in [0.3, 0.4) is 0 Å². The number of carbonyl (C=O) groups is 1. The predicted octanol–water partition coefficient (Wildman–Crippen LogP) is 2.16. The Bertz CT molecular complexity index is 934. The Kier molecular flexibility index (Phi) is 4.75. The number of carbonyl (C=O) groups excluding carboxylic acids is 1. The van der Waals surface area contributed by atoms with Crippen molar-refractivity contribution in [2.24, 2.45) is 5.92 Å². The zero-order valence-corrected chi connectivity index (χ0v) is 15.8. The number of anilines is 3. The zero-order chi connectivity index (χ0) is 20.8. The van der Waals surface area contributed by atoms with E-state index in [0.29, 0.717) is 43.6 Å². The lowest BCUT2D eigenvalue weighted by Gasteiger charge is -2.38. The highest BCUT2D eigenvalue weighted by molar-refractivity contribution is 5.80. The van der Waals surface area contributed by atoms with Gasteiger partial charge in [0.1, 0.15) is 11.6 Å². The Balaban J connectivity index is 1.80. The van der Waals surface area contributed by atoms with Gasteiger partial charge in [0.2, 0.25) is 11.9 Å². The number of ketones is 1. The molecular weight excluding hydrogens is 387 g/mol. The molecular formula is C18H20F3N7O. The van der Waals surface area contributed by atoms with Crippen molar-refractivity contribution in [1.82, 2.24) is 19.9 Å². The minimum atomic E-state index is -4.71. The van der Waals surface area contributed by atoms with Gasteiger partial charge in [0.25, 0.3) is 0 Å². The largest absolute Gasteiger partial charge is 0.434 e. The van der Waals surface area contributed by atoms with Crippen molar-refractivity contribution in [2.75, 3.05) is 41.7 Å². The van der Waals surface area contributed by atoms with Crippen LogP contribution in [0.2, 0.25) is 0 Å². The van der Waals surface area contributed by atoms with Crippen molar-refractivity contribution in [1.29, 1.82) is 0 Å². The molecule has 4 heterocycles. The maximum atomic E-state index is 13.6. The van der Waals surface area contributed by atoms with Gasteiger partial charge in [-0.05, 0) is 5.92 Å². The van der Waals surface area contributed by atoms with Gasteiger partial charge in [-0.3, -0.25) is 4.79 Å². The molecule has 0 aliphatic carbocycles. The third kappa shape index (κ3) is 3.94. The van der Waals surface area contributed by atoms with E-state index in [1.165, 1.54) is 6.07 Å². The number of aromatic nitrogens is 4. The second-order valence-corrected chi connectivity index (χ2v) is 7.44. The highest BCUT2D eigenvalue weighted by Crippen LogP contribution is 2.37. The van der Waals surface area contributed by atoms with Gasteiger partial charge in [0.05, 0.1) is 5.69 Å². The number of rotatable bonds is 3. The first-order valence-electron chi connectivity index (χ1n) is 9.31. The summed E-state index contributed by atoms with van der Waals surface area (Å²) in [5, 5.41) is 0. The third-order valence-electron chi connectivity index (χ3n) is 5.04. The number of nitrogens with zero attached hydrogens (tertiary/aromatic N) is 6. The average molecular weight is 407 g/mol. The van der Waals surface area contributed by atoms with Crippen LogP contribution in [0.5, 0.6) is 0 Å². The number of Topliss-reactive ketones (excluding diaryl/α,β-unsaturated/α-hetero) is 1. The Hall–Kier alpha value is -2.98. The number of halogens is 3. The zero-order valence-electron chi connectivity index (χ0n) is 15.8. The molecule has 2 aromatic rings. The Morgan fingerprint density at radius 1 is 1.10 bits per heavy atom. The summed E-state index contributed by atoms with van der Waals surface area (Å²) in [5.41, 5.74) is 4.08. The number of nitrogens with two attached hydrogens (primary N) is 1. The second kappa shape index (κ2) is 7.12. The fourth-order valence-electron chi connectivity index (χ4n) is 3.50. The molecule has 2 aliphatic rings. The first kappa shape index (κ1) is 19.3. The van der Waals surface area contributed by atoms with E-state index in [9.17, 15) is 18.0 Å². The number of alkyl halides is 3. The number of hydrogen-bond acceptors (Lipinski definition) is 8. The summed E-state index contributed by atoms with van der Waals surface area (Å²) in [5.74, 6) is 1.02. The van der Waals surface area contributed by atoms with E-state index in [-0.39, 0.29) is 17.0 Å². The van der Waals surface area contributed by atoms with Crippen molar-refractivity contribution < 1.29 is 18.0 Å². The van der Waals surface area contributed by atoms with Crippen LogP contribution < -0.4 is 15.5 Å². The first-order valence-corrected chi connectivity index (χ1v) is 9.31. The molecule has 2 N–H and O–H groups in total. The maximum absolute atomic E-state index is 13.6. The lowest BCUT2D eigenvalue weighted by Crippen LogP contribution is -2.46. The fourth-order valence-corrected chi connectivity index (χ4v) is 3.50. The van der Waals surface area contributed by atoms with Gasteiger partial charge < -0.3 is 15.5 Å². The minimum Gasteiger partial charge on any atom is -0.368 e. The highest BCUT2D eigenvalue weighted by atomic mass is 19.4. The van der Waals surface area contributed by atoms with Gasteiger partial charge in [-0.2, -0.15) is 18.2 Å². The van der Waals surface area contributed by atoms with Crippen LogP contribution in [-0.2, 0) is 11.0 Å². The molecule has 2 fully saturated rings. The molecule has 11 heteroatoms. The van der Waals surface area contributed by atoms with Gasteiger partial charge in [0.15, 0.2) is 5.69 Å². The molecule has 0 amide bonds. The van der Waals surface area contributed by atoms with E-state index in [0.717, 1.165) is 19.3 Å². The van der Waals surface area contributed by atoms with E-state index >= 15 is 0 Å². The van der Waals surface area contributed by atoms with Crippen molar-refractivity contribution in [3.05, 3.63) is 18.0 Å². The van der Waals surface area contributed by atoms with E-state index in [2.05, 4.69) is 26.9 Å². The quantitative estimate of drug-likeness (QED) is 0.826. The van der Waals surface area contributed by atoms with Crippen LogP contribution in [0.1, 0.15) is 25.5 Å². The normalized spacial score (nSPS) is 18.1. The number of nitrogen functional groups attached to an aromatic ring is 1. The molecule has 0 bridgehead atoms. The smallest absolute Gasteiger partial charge is 0.368 e. The molecule has 2 saturated heterocycles. The molecule has 4 rings (SSSR count). The van der Waals surface area contributed by atoms with Gasteiger partial charge >= 0.3 is 6.18 Å². The molecule has 0 unspecified atom stereocenters. The summed E-state index contributed by atoms with van der Waals surface area (Å²) in [6, 6.07) is 1.52. The molecule has 0 atom stereocenters. The standard InChI is InChI=1S/C18H20F3N7O/c1-10-8-28(9-10)14-6-13(12-7-23-16(22)26-15(12)18(19,20)21)24-17(25-14)27-4-2-11(29)3-5-27/h6-7,10H,2-5,8-9H2,1H3,(H2,22,23,26). The Morgan fingerprint density at radius 2 is 1.79 bits per heavy atom. The minimum absolute atomic E-state index is 0.0776. The van der Waals surface area contributed by atoms with Crippen molar-refractivity contribution >= 4 is 23.5 Å². The SMILES string of the molecule is CC1CN(c2cc(-c3cnc(N)nc3C(F)(F)F)nc(N3CCC(=O)CC3)n2)C1. The van der Waals surface area contributed by atoms with Crippen molar-refractivity contribution in [3.63, 3.8) is 0 Å². The molecule has 0 aromatic carbocycles. The predicted molar refractivity (Wildman–Crippen MR) is 100 cm³/mol. The summed E-state index contributed by atoms with van der Waals surface area (Å²) in [6.07, 6.45) is -2.94. The van der Waals surface area contributed by atoms with Crippen molar-refractivity contribution in [3.8, 4) is 11.3 Å². The summed E-state index contributed by atoms with van der Waals surface area (Å²) < 4.78 is 40.7. The Morgan fingerprint density at radius 3 is 2.41 bits per heavy atom. The molecule has 154 valence electrons. The van der Waals surface area contributed by atoms with E-state index < -0.39 is 17.8 Å². The summed E-state index contributed by atoms with van der Waals surface area (Å²) >= 11 is 0. The van der Waals surface area contributed by atoms with E-state index in [1.807, 2.05) is 9.80 Å². The number of hydrogen-bond donors (Lipinski definition) is 1. The molecule has 0 spiro atoms. The summed E-state index contributed by atoms with van der Waals surface area (Å²) in [6.45, 7) is 4.48. The third-order valence-corrected chi connectivity index (χ3v) is 5.04. The lowest BCUT2D eigenvalue weighted by molar-refractivity contribution is -0.140. The molecule has 29 heavy (non-hydrogen) atoms. The van der Waals surface area contributed by atoms with Gasteiger partial charge in [-0.15, -0.1) is 0 Å². The van der Waals surface area contributed by atoms with Gasteiger partial charge in [0, 0.05) is 56.8 Å². The monoisotopic (exact) mass is 407 g/mol. The second-order valence-electron chi connectivity index (χ2n) is 7.44.